The molecule has 1 fully saturated rings. The predicted molar refractivity (Wildman–Crippen MR) is 99.3 cm³/mol. The number of esters is 1. The Labute approximate surface area is 158 Å². The fourth-order valence-electron chi connectivity index (χ4n) is 3.18. The highest BCUT2D eigenvalue weighted by Gasteiger charge is 2.24. The van der Waals surface area contributed by atoms with Gasteiger partial charge < -0.3 is 15.4 Å². The van der Waals surface area contributed by atoms with Gasteiger partial charge in [0.1, 0.15) is 0 Å². The molecule has 1 aliphatic heterocycles. The molecule has 0 radical (unpaired) electrons. The molecule has 2 aromatic rings. The van der Waals surface area contributed by atoms with Gasteiger partial charge in [0, 0.05) is 6.54 Å². The first kappa shape index (κ1) is 19.0. The number of carbonyl (C=O) groups is 2. The molecular formula is C19H25N5O3. The Kier molecular flexibility index (Phi) is 6.54. The molecule has 0 aliphatic carbocycles. The first-order valence-corrected chi connectivity index (χ1v) is 9.31. The number of aromatic nitrogens is 3. The van der Waals surface area contributed by atoms with Gasteiger partial charge in [-0.1, -0.05) is 35.5 Å². The minimum absolute atomic E-state index is 0.141. The summed E-state index contributed by atoms with van der Waals surface area (Å²) in [5.41, 5.74) is 1.05. The fourth-order valence-corrected chi connectivity index (χ4v) is 3.18. The largest absolute Gasteiger partial charge is 0.465 e. The van der Waals surface area contributed by atoms with E-state index in [4.69, 9.17) is 4.74 Å². The average molecular weight is 371 g/mol. The summed E-state index contributed by atoms with van der Waals surface area (Å²) in [6.07, 6.45) is 3.60. The number of benzene rings is 1. The van der Waals surface area contributed by atoms with Crippen molar-refractivity contribution in [1.82, 2.24) is 25.6 Å². The molecule has 1 saturated heterocycles. The van der Waals surface area contributed by atoms with Gasteiger partial charge in [0.2, 0.25) is 0 Å². The van der Waals surface area contributed by atoms with Crippen LogP contribution in [0.25, 0.3) is 0 Å². The maximum Gasteiger partial charge on any atom is 0.315 e. The Morgan fingerprint density at radius 3 is 2.74 bits per heavy atom. The Balaban J connectivity index is 1.63. The molecule has 0 bridgehead atoms. The molecule has 1 aromatic heterocycles. The van der Waals surface area contributed by atoms with Crippen LogP contribution in [0, 0.1) is 0 Å². The molecule has 8 heteroatoms. The fraction of sp³-hybridized carbons (Fsp3) is 0.474. The molecule has 2 heterocycles. The number of hydrogen-bond donors (Lipinski definition) is 2. The number of nitrogens with zero attached hydrogens (tertiary/aromatic N) is 3. The van der Waals surface area contributed by atoms with Crippen LogP contribution < -0.4 is 10.6 Å². The van der Waals surface area contributed by atoms with Crippen LogP contribution in [0.5, 0.6) is 0 Å². The van der Waals surface area contributed by atoms with E-state index in [1.54, 1.807) is 17.8 Å². The zero-order chi connectivity index (χ0) is 19.1. The average Bonchev–Trinajstić information content (AvgIpc) is 3.20. The first-order chi connectivity index (χ1) is 13.2. The SMILES string of the molecule is CCOC(=O)C(CNC(=O)c1cn(C2CCNCC2)nn1)c1ccccc1. The summed E-state index contributed by atoms with van der Waals surface area (Å²) in [6, 6.07) is 9.55. The summed E-state index contributed by atoms with van der Waals surface area (Å²) < 4.78 is 6.91. The van der Waals surface area contributed by atoms with Crippen LogP contribution in [-0.2, 0) is 9.53 Å². The standard InChI is InChI=1S/C19H25N5O3/c1-2-27-19(26)16(14-6-4-3-5-7-14)12-21-18(25)17-13-24(23-22-17)15-8-10-20-11-9-15/h3-7,13,15-16,20H,2,8-12H2,1H3,(H,21,25). The van der Waals surface area contributed by atoms with E-state index in [2.05, 4.69) is 20.9 Å². The summed E-state index contributed by atoms with van der Waals surface area (Å²) in [5.74, 6) is -1.27. The Morgan fingerprint density at radius 2 is 2.04 bits per heavy atom. The van der Waals surface area contributed by atoms with Crippen molar-refractivity contribution in [2.24, 2.45) is 0 Å². The Bertz CT molecular complexity index is 756. The van der Waals surface area contributed by atoms with Crippen molar-refractivity contribution in [2.45, 2.75) is 31.7 Å². The summed E-state index contributed by atoms with van der Waals surface area (Å²) >= 11 is 0. The molecule has 1 aliphatic rings. The van der Waals surface area contributed by atoms with Gasteiger partial charge >= 0.3 is 5.97 Å². The summed E-state index contributed by atoms with van der Waals surface area (Å²) in [5, 5.41) is 14.2. The summed E-state index contributed by atoms with van der Waals surface area (Å²) in [4.78, 5) is 24.8. The number of nitrogens with one attached hydrogen (secondary N) is 2. The van der Waals surface area contributed by atoms with E-state index in [1.807, 2.05) is 30.3 Å². The number of ether oxygens (including phenoxy) is 1. The maximum atomic E-state index is 12.5. The van der Waals surface area contributed by atoms with E-state index >= 15 is 0 Å². The van der Waals surface area contributed by atoms with Crippen LogP contribution in [-0.4, -0.2) is 53.1 Å². The third-order valence-corrected chi connectivity index (χ3v) is 4.67. The van der Waals surface area contributed by atoms with Crippen molar-refractivity contribution >= 4 is 11.9 Å². The van der Waals surface area contributed by atoms with Gasteiger partial charge in [0.05, 0.1) is 24.8 Å². The van der Waals surface area contributed by atoms with Gasteiger partial charge in [-0.3, -0.25) is 9.59 Å². The molecule has 1 aromatic carbocycles. The van der Waals surface area contributed by atoms with Crippen LogP contribution in [0.2, 0.25) is 0 Å². The van der Waals surface area contributed by atoms with Gasteiger partial charge in [0.25, 0.3) is 5.91 Å². The van der Waals surface area contributed by atoms with E-state index in [0.717, 1.165) is 31.5 Å². The van der Waals surface area contributed by atoms with Gasteiger partial charge in [-0.15, -0.1) is 5.10 Å². The second-order valence-corrected chi connectivity index (χ2v) is 6.49. The normalized spacial score (nSPS) is 15.9. The molecule has 0 spiro atoms. The van der Waals surface area contributed by atoms with Crippen LogP contribution >= 0.6 is 0 Å². The minimum atomic E-state index is -0.561. The second-order valence-electron chi connectivity index (χ2n) is 6.49. The van der Waals surface area contributed by atoms with E-state index in [0.29, 0.717) is 6.61 Å². The van der Waals surface area contributed by atoms with Crippen LogP contribution in [0.15, 0.2) is 36.5 Å². The topological polar surface area (TPSA) is 98.1 Å². The van der Waals surface area contributed by atoms with Gasteiger partial charge in [0.15, 0.2) is 5.69 Å². The quantitative estimate of drug-likeness (QED) is 0.712. The molecule has 27 heavy (non-hydrogen) atoms. The molecule has 8 nitrogen and oxygen atoms in total. The molecule has 3 rings (SSSR count). The molecule has 1 unspecified atom stereocenters. The highest BCUT2D eigenvalue weighted by molar-refractivity contribution is 5.92. The Morgan fingerprint density at radius 1 is 1.30 bits per heavy atom. The van der Waals surface area contributed by atoms with Gasteiger partial charge in [-0.05, 0) is 38.4 Å². The molecule has 0 saturated carbocycles. The second kappa shape index (κ2) is 9.27. The number of piperidine rings is 1. The minimum Gasteiger partial charge on any atom is -0.465 e. The van der Waals surface area contributed by atoms with Crippen molar-refractivity contribution in [3.05, 3.63) is 47.8 Å². The van der Waals surface area contributed by atoms with Crippen molar-refractivity contribution in [3.63, 3.8) is 0 Å². The van der Waals surface area contributed by atoms with Crippen molar-refractivity contribution in [2.75, 3.05) is 26.2 Å². The molecule has 1 atom stereocenters. The third kappa shape index (κ3) is 4.91. The maximum absolute atomic E-state index is 12.5. The highest BCUT2D eigenvalue weighted by Crippen LogP contribution is 2.18. The zero-order valence-electron chi connectivity index (χ0n) is 15.4. The lowest BCUT2D eigenvalue weighted by Crippen LogP contribution is -2.33. The summed E-state index contributed by atoms with van der Waals surface area (Å²) in [6.45, 7) is 4.06. The summed E-state index contributed by atoms with van der Waals surface area (Å²) in [7, 11) is 0. The van der Waals surface area contributed by atoms with E-state index in [9.17, 15) is 9.59 Å². The number of rotatable bonds is 7. The first-order valence-electron chi connectivity index (χ1n) is 9.31. The van der Waals surface area contributed by atoms with Crippen molar-refractivity contribution < 1.29 is 14.3 Å². The van der Waals surface area contributed by atoms with E-state index in [1.165, 1.54) is 0 Å². The van der Waals surface area contributed by atoms with Crippen LogP contribution in [0.4, 0.5) is 0 Å². The zero-order valence-corrected chi connectivity index (χ0v) is 15.4. The highest BCUT2D eigenvalue weighted by atomic mass is 16.5. The lowest BCUT2D eigenvalue weighted by molar-refractivity contribution is -0.144. The van der Waals surface area contributed by atoms with Crippen LogP contribution in [0.3, 0.4) is 0 Å². The lowest BCUT2D eigenvalue weighted by Gasteiger charge is -2.22. The number of hydrogen-bond acceptors (Lipinski definition) is 6. The van der Waals surface area contributed by atoms with Gasteiger partial charge in [-0.25, -0.2) is 4.68 Å². The van der Waals surface area contributed by atoms with Crippen molar-refractivity contribution in [3.8, 4) is 0 Å². The number of carbonyl (C=O) groups excluding carboxylic acids is 2. The van der Waals surface area contributed by atoms with Gasteiger partial charge in [-0.2, -0.15) is 0 Å². The molecule has 2 N–H and O–H groups in total. The Hall–Kier alpha value is -2.74. The third-order valence-electron chi connectivity index (χ3n) is 4.67. The van der Waals surface area contributed by atoms with Crippen LogP contribution in [0.1, 0.15) is 47.8 Å². The monoisotopic (exact) mass is 371 g/mol. The predicted octanol–water partition coefficient (Wildman–Crippen LogP) is 1.28. The van der Waals surface area contributed by atoms with E-state index in [-0.39, 0.29) is 30.2 Å². The number of amides is 1. The molecule has 144 valence electrons. The lowest BCUT2D eigenvalue weighted by atomic mass is 9.99. The molecular weight excluding hydrogens is 346 g/mol. The van der Waals surface area contributed by atoms with E-state index < -0.39 is 5.92 Å². The molecule has 1 amide bonds. The van der Waals surface area contributed by atoms with Crippen molar-refractivity contribution in [1.29, 1.82) is 0 Å². The smallest absolute Gasteiger partial charge is 0.315 e.